The van der Waals surface area contributed by atoms with E-state index in [1.165, 1.54) is 13.8 Å². The van der Waals surface area contributed by atoms with E-state index in [2.05, 4.69) is 9.47 Å². The highest BCUT2D eigenvalue weighted by atomic mass is 16.6. The van der Waals surface area contributed by atoms with Crippen LogP contribution in [0.3, 0.4) is 0 Å². The van der Waals surface area contributed by atoms with Gasteiger partial charge in [-0.1, -0.05) is 0 Å². The van der Waals surface area contributed by atoms with Gasteiger partial charge in [-0.05, 0) is 13.8 Å². The van der Waals surface area contributed by atoms with Crippen LogP contribution in [-0.2, 0) is 19.1 Å². The molecule has 0 radical (unpaired) electrons. The molecule has 0 saturated heterocycles. The molecule has 0 aliphatic rings. The molecule has 0 rings (SSSR count). The molecular formula is C10H20N2O6. The van der Waals surface area contributed by atoms with Crippen molar-refractivity contribution in [2.75, 3.05) is 0 Å². The summed E-state index contributed by atoms with van der Waals surface area (Å²) in [6.45, 7) is 2.93. The van der Waals surface area contributed by atoms with Gasteiger partial charge in [0.15, 0.2) is 0 Å². The van der Waals surface area contributed by atoms with E-state index in [1.54, 1.807) is 0 Å². The molecule has 4 atom stereocenters. The van der Waals surface area contributed by atoms with Crippen molar-refractivity contribution in [3.63, 3.8) is 0 Å². The Bertz CT molecular complexity index is 254. The maximum atomic E-state index is 11.1. The summed E-state index contributed by atoms with van der Waals surface area (Å²) in [5.74, 6) is -1.57. The molecule has 0 aromatic carbocycles. The van der Waals surface area contributed by atoms with E-state index >= 15 is 0 Å². The highest BCUT2D eigenvalue weighted by Gasteiger charge is 2.19. The third-order valence-corrected chi connectivity index (χ3v) is 1.94. The Kier molecular flexibility index (Phi) is 7.44. The Morgan fingerprint density at radius 1 is 0.944 bits per heavy atom. The molecule has 6 N–H and O–H groups in total. The van der Waals surface area contributed by atoms with E-state index in [-0.39, 0.29) is 12.8 Å². The monoisotopic (exact) mass is 264 g/mol. The molecule has 0 spiro atoms. The third-order valence-electron chi connectivity index (χ3n) is 1.94. The summed E-state index contributed by atoms with van der Waals surface area (Å²) in [6.07, 6.45) is -3.39. The number of aliphatic hydroxyl groups excluding tert-OH is 2. The molecule has 8 nitrogen and oxygen atoms in total. The maximum Gasteiger partial charge on any atom is 0.308 e. The minimum atomic E-state index is -1.41. The summed E-state index contributed by atoms with van der Waals surface area (Å²) >= 11 is 0. The van der Waals surface area contributed by atoms with Crippen molar-refractivity contribution in [3.8, 4) is 0 Å². The topological polar surface area (TPSA) is 145 Å². The van der Waals surface area contributed by atoms with Crippen LogP contribution in [-0.4, -0.2) is 46.8 Å². The van der Waals surface area contributed by atoms with Gasteiger partial charge in [0.05, 0.1) is 24.9 Å². The zero-order valence-corrected chi connectivity index (χ0v) is 10.4. The number of hydrogen-bond acceptors (Lipinski definition) is 8. The standard InChI is InChI=1S/C10H20N2O6/c1-5(11)9(15)17-7(13)3-4-8(14)18-10(16)6(2)12/h5-6,9-10,15-16H,3-4,11-12H2,1-2H3. The van der Waals surface area contributed by atoms with Crippen LogP contribution in [0.5, 0.6) is 0 Å². The summed E-state index contributed by atoms with van der Waals surface area (Å²) in [5, 5.41) is 18.3. The Morgan fingerprint density at radius 3 is 1.44 bits per heavy atom. The number of hydrogen-bond donors (Lipinski definition) is 4. The fourth-order valence-corrected chi connectivity index (χ4v) is 0.806. The number of nitrogens with two attached hydrogens (primary N) is 2. The molecule has 0 heterocycles. The van der Waals surface area contributed by atoms with Gasteiger partial charge in [0.25, 0.3) is 0 Å². The van der Waals surface area contributed by atoms with Gasteiger partial charge >= 0.3 is 11.9 Å². The van der Waals surface area contributed by atoms with Crippen LogP contribution in [0.25, 0.3) is 0 Å². The summed E-state index contributed by atoms with van der Waals surface area (Å²) in [5.41, 5.74) is 10.5. The first-order valence-electron chi connectivity index (χ1n) is 5.50. The first kappa shape index (κ1) is 16.8. The average Bonchev–Trinajstić information content (AvgIpc) is 2.25. The van der Waals surface area contributed by atoms with Crippen LogP contribution in [0.4, 0.5) is 0 Å². The number of ether oxygens (including phenoxy) is 2. The van der Waals surface area contributed by atoms with Crippen molar-refractivity contribution in [2.24, 2.45) is 11.5 Å². The van der Waals surface area contributed by atoms with E-state index in [1.807, 2.05) is 0 Å². The van der Waals surface area contributed by atoms with Crippen LogP contribution in [0.1, 0.15) is 26.7 Å². The van der Waals surface area contributed by atoms with Gasteiger partial charge in [0, 0.05) is 0 Å². The molecule has 106 valence electrons. The molecule has 0 fully saturated rings. The number of rotatable bonds is 7. The summed E-state index contributed by atoms with van der Waals surface area (Å²) in [4.78, 5) is 22.3. The number of carbonyl (C=O) groups excluding carboxylic acids is 2. The minimum Gasteiger partial charge on any atom is -0.434 e. The van der Waals surface area contributed by atoms with Crippen LogP contribution in [0, 0.1) is 0 Å². The highest BCUT2D eigenvalue weighted by Crippen LogP contribution is 2.02. The Labute approximate surface area is 105 Å². The summed E-state index contributed by atoms with van der Waals surface area (Å²) < 4.78 is 9.02. The van der Waals surface area contributed by atoms with Crippen molar-refractivity contribution in [2.45, 2.75) is 51.4 Å². The molecule has 4 unspecified atom stereocenters. The van der Waals surface area contributed by atoms with Crippen LogP contribution in [0.2, 0.25) is 0 Å². The predicted molar refractivity (Wildman–Crippen MR) is 60.7 cm³/mol. The van der Waals surface area contributed by atoms with Crippen LogP contribution < -0.4 is 11.5 Å². The lowest BCUT2D eigenvalue weighted by Crippen LogP contribution is -2.36. The third kappa shape index (κ3) is 7.17. The van der Waals surface area contributed by atoms with Gasteiger partial charge in [0.1, 0.15) is 0 Å². The molecule has 0 aliphatic carbocycles. The lowest BCUT2D eigenvalue weighted by Gasteiger charge is -2.16. The molecule has 0 bridgehead atoms. The normalized spacial score (nSPS) is 17.4. The van der Waals surface area contributed by atoms with Crippen LogP contribution in [0.15, 0.2) is 0 Å². The molecule has 0 amide bonds. The second-order valence-corrected chi connectivity index (χ2v) is 3.98. The Morgan fingerprint density at radius 2 is 1.22 bits per heavy atom. The van der Waals surface area contributed by atoms with Crippen LogP contribution >= 0.6 is 0 Å². The van der Waals surface area contributed by atoms with Gasteiger partial charge in [-0.2, -0.15) is 0 Å². The quantitative estimate of drug-likeness (QED) is 0.311. The van der Waals surface area contributed by atoms with E-state index in [9.17, 15) is 9.59 Å². The molecular weight excluding hydrogens is 244 g/mol. The van der Waals surface area contributed by atoms with Crippen molar-refractivity contribution in [1.29, 1.82) is 0 Å². The van der Waals surface area contributed by atoms with Crippen molar-refractivity contribution in [3.05, 3.63) is 0 Å². The van der Waals surface area contributed by atoms with Gasteiger partial charge in [-0.15, -0.1) is 0 Å². The summed E-state index contributed by atoms with van der Waals surface area (Å²) in [6, 6.07) is -1.44. The molecule has 0 aromatic heterocycles. The summed E-state index contributed by atoms with van der Waals surface area (Å²) in [7, 11) is 0. The second kappa shape index (κ2) is 7.98. The van der Waals surface area contributed by atoms with Gasteiger partial charge in [-0.25, -0.2) is 0 Å². The van der Waals surface area contributed by atoms with Crippen molar-refractivity contribution < 1.29 is 29.3 Å². The van der Waals surface area contributed by atoms with E-state index in [0.717, 1.165) is 0 Å². The SMILES string of the molecule is CC(N)C(O)OC(=O)CCC(=O)OC(O)C(C)N. The second-order valence-electron chi connectivity index (χ2n) is 3.98. The number of esters is 2. The first-order chi connectivity index (χ1) is 8.23. The molecule has 0 saturated carbocycles. The number of carbonyl (C=O) groups is 2. The van der Waals surface area contributed by atoms with E-state index in [4.69, 9.17) is 21.7 Å². The van der Waals surface area contributed by atoms with E-state index in [0.29, 0.717) is 0 Å². The molecule has 0 aromatic rings. The van der Waals surface area contributed by atoms with Crippen molar-refractivity contribution in [1.82, 2.24) is 0 Å². The minimum absolute atomic E-state index is 0.283. The first-order valence-corrected chi connectivity index (χ1v) is 5.50. The average molecular weight is 264 g/mol. The molecule has 8 heteroatoms. The predicted octanol–water partition coefficient (Wildman–Crippen LogP) is -1.82. The van der Waals surface area contributed by atoms with Gasteiger partial charge in [0.2, 0.25) is 12.6 Å². The van der Waals surface area contributed by atoms with Gasteiger partial charge < -0.3 is 31.2 Å². The molecule has 0 aliphatic heterocycles. The lowest BCUT2D eigenvalue weighted by atomic mass is 10.3. The fourth-order valence-electron chi connectivity index (χ4n) is 0.806. The molecule has 18 heavy (non-hydrogen) atoms. The largest absolute Gasteiger partial charge is 0.434 e. The Balaban J connectivity index is 3.89. The van der Waals surface area contributed by atoms with E-state index < -0.39 is 36.6 Å². The fraction of sp³-hybridized carbons (Fsp3) is 0.800. The van der Waals surface area contributed by atoms with Crippen molar-refractivity contribution >= 4 is 11.9 Å². The Hall–Kier alpha value is -1.22. The maximum absolute atomic E-state index is 11.1. The smallest absolute Gasteiger partial charge is 0.308 e. The number of aliphatic hydroxyl groups is 2. The zero-order valence-electron chi connectivity index (χ0n) is 10.4. The lowest BCUT2D eigenvalue weighted by molar-refractivity contribution is -0.177. The van der Waals surface area contributed by atoms with Gasteiger partial charge in [-0.3, -0.25) is 9.59 Å². The zero-order chi connectivity index (χ0) is 14.3. The highest BCUT2D eigenvalue weighted by molar-refractivity contribution is 5.77.